The van der Waals surface area contributed by atoms with E-state index in [-0.39, 0.29) is 0 Å². The van der Waals surface area contributed by atoms with Crippen molar-refractivity contribution in [2.75, 3.05) is 26.2 Å². The Balaban J connectivity index is 2.88. The molecule has 0 aromatic heterocycles. The topological polar surface area (TPSA) is 75.4 Å². The van der Waals surface area contributed by atoms with Crippen LogP contribution in [0.25, 0.3) is 0 Å². The van der Waals surface area contributed by atoms with Gasteiger partial charge in [-0.05, 0) is 49.7 Å². The van der Waals surface area contributed by atoms with Gasteiger partial charge in [0.15, 0.2) is 0 Å². The molecular formula is C15H27N3O2S. The summed E-state index contributed by atoms with van der Waals surface area (Å²) in [6.07, 6.45) is 0. The molecule has 0 bridgehead atoms. The highest BCUT2D eigenvalue weighted by atomic mass is 32.2. The second-order valence-corrected chi connectivity index (χ2v) is 6.91. The van der Waals surface area contributed by atoms with Crippen LogP contribution in [0.3, 0.4) is 0 Å². The van der Waals surface area contributed by atoms with Crippen molar-refractivity contribution in [3.05, 3.63) is 28.8 Å². The maximum atomic E-state index is 12.4. The highest BCUT2D eigenvalue weighted by Gasteiger charge is 2.18. The minimum absolute atomic E-state index is 0.327. The van der Waals surface area contributed by atoms with Crippen molar-refractivity contribution in [2.45, 2.75) is 39.1 Å². The predicted molar refractivity (Wildman–Crippen MR) is 86.8 cm³/mol. The lowest BCUT2D eigenvalue weighted by Crippen LogP contribution is -2.35. The Labute approximate surface area is 128 Å². The van der Waals surface area contributed by atoms with Crippen molar-refractivity contribution in [2.24, 2.45) is 5.73 Å². The summed E-state index contributed by atoms with van der Waals surface area (Å²) >= 11 is 0. The molecule has 0 heterocycles. The van der Waals surface area contributed by atoms with Crippen molar-refractivity contribution < 1.29 is 8.42 Å². The van der Waals surface area contributed by atoms with E-state index in [2.05, 4.69) is 23.5 Å². The van der Waals surface area contributed by atoms with Gasteiger partial charge in [-0.2, -0.15) is 0 Å². The second kappa shape index (κ2) is 7.89. The third kappa shape index (κ3) is 4.78. The molecule has 0 spiro atoms. The van der Waals surface area contributed by atoms with E-state index in [4.69, 9.17) is 5.73 Å². The van der Waals surface area contributed by atoms with Gasteiger partial charge >= 0.3 is 0 Å². The minimum Gasteiger partial charge on any atom is -0.326 e. The van der Waals surface area contributed by atoms with Gasteiger partial charge in [0.05, 0.1) is 4.90 Å². The van der Waals surface area contributed by atoms with E-state index in [9.17, 15) is 8.42 Å². The van der Waals surface area contributed by atoms with Gasteiger partial charge < -0.3 is 10.6 Å². The van der Waals surface area contributed by atoms with Crippen LogP contribution in [0, 0.1) is 13.8 Å². The zero-order chi connectivity index (χ0) is 16.0. The molecule has 1 aromatic rings. The summed E-state index contributed by atoms with van der Waals surface area (Å²) in [5.74, 6) is 0. The Morgan fingerprint density at radius 3 is 2.29 bits per heavy atom. The average Bonchev–Trinajstić information content (AvgIpc) is 2.43. The molecule has 21 heavy (non-hydrogen) atoms. The summed E-state index contributed by atoms with van der Waals surface area (Å²) in [6, 6.07) is 3.56. The van der Waals surface area contributed by atoms with E-state index in [1.54, 1.807) is 6.07 Å². The number of benzene rings is 1. The van der Waals surface area contributed by atoms with E-state index in [0.29, 0.717) is 24.5 Å². The maximum Gasteiger partial charge on any atom is 0.240 e. The summed E-state index contributed by atoms with van der Waals surface area (Å²) in [5, 5.41) is 0. The number of nitrogens with zero attached hydrogens (tertiary/aromatic N) is 1. The fraction of sp³-hybridized carbons (Fsp3) is 0.600. The molecule has 0 aliphatic rings. The van der Waals surface area contributed by atoms with Gasteiger partial charge in [0.25, 0.3) is 0 Å². The molecular weight excluding hydrogens is 286 g/mol. The number of likely N-dealkylation sites (N-methyl/N-ethyl adjacent to an activating group) is 1. The number of hydrogen-bond acceptors (Lipinski definition) is 4. The Kier molecular flexibility index (Phi) is 6.80. The van der Waals surface area contributed by atoms with Crippen molar-refractivity contribution in [1.29, 1.82) is 0 Å². The van der Waals surface area contributed by atoms with Gasteiger partial charge in [-0.3, -0.25) is 0 Å². The van der Waals surface area contributed by atoms with Crippen molar-refractivity contribution in [3.8, 4) is 0 Å². The zero-order valence-corrected chi connectivity index (χ0v) is 14.3. The molecule has 0 aliphatic heterocycles. The van der Waals surface area contributed by atoms with E-state index >= 15 is 0 Å². The summed E-state index contributed by atoms with van der Waals surface area (Å²) in [7, 11) is -3.48. The fourth-order valence-corrected chi connectivity index (χ4v) is 3.64. The number of nitrogens with one attached hydrogen (secondary N) is 1. The van der Waals surface area contributed by atoms with Crippen LogP contribution in [0.1, 0.15) is 30.5 Å². The Bertz CT molecular complexity index is 567. The molecule has 1 aromatic carbocycles. The Morgan fingerprint density at radius 1 is 1.14 bits per heavy atom. The van der Waals surface area contributed by atoms with Crippen LogP contribution < -0.4 is 10.5 Å². The highest BCUT2D eigenvalue weighted by molar-refractivity contribution is 7.89. The summed E-state index contributed by atoms with van der Waals surface area (Å²) in [4.78, 5) is 2.50. The molecule has 0 saturated heterocycles. The van der Waals surface area contributed by atoms with Crippen molar-refractivity contribution in [3.63, 3.8) is 0 Å². The number of hydrogen-bond donors (Lipinski definition) is 2. The summed E-state index contributed by atoms with van der Waals surface area (Å²) < 4.78 is 27.5. The van der Waals surface area contributed by atoms with E-state index in [1.807, 2.05) is 19.9 Å². The number of rotatable bonds is 8. The smallest absolute Gasteiger partial charge is 0.240 e. The molecule has 6 heteroatoms. The van der Waals surface area contributed by atoms with Crippen LogP contribution in [-0.4, -0.2) is 39.5 Å². The maximum absolute atomic E-state index is 12.4. The van der Waals surface area contributed by atoms with E-state index in [0.717, 1.165) is 29.8 Å². The highest BCUT2D eigenvalue weighted by Crippen LogP contribution is 2.20. The molecule has 0 aliphatic carbocycles. The molecule has 1 rings (SSSR count). The van der Waals surface area contributed by atoms with Gasteiger partial charge in [0, 0.05) is 19.6 Å². The largest absolute Gasteiger partial charge is 0.326 e. The van der Waals surface area contributed by atoms with Crippen LogP contribution in [0.15, 0.2) is 17.0 Å². The first-order valence-corrected chi connectivity index (χ1v) is 8.86. The lowest BCUT2D eigenvalue weighted by molar-refractivity contribution is 0.309. The van der Waals surface area contributed by atoms with Crippen LogP contribution in [-0.2, 0) is 16.6 Å². The SMILES string of the molecule is CCN(CC)CCNS(=O)(=O)c1cc(CN)c(C)cc1C. The van der Waals surface area contributed by atoms with Gasteiger partial charge in [-0.15, -0.1) is 0 Å². The van der Waals surface area contributed by atoms with Crippen molar-refractivity contribution in [1.82, 2.24) is 9.62 Å². The lowest BCUT2D eigenvalue weighted by atomic mass is 10.1. The van der Waals surface area contributed by atoms with Gasteiger partial charge in [-0.1, -0.05) is 19.9 Å². The van der Waals surface area contributed by atoms with Gasteiger partial charge in [0.1, 0.15) is 0 Å². The zero-order valence-electron chi connectivity index (χ0n) is 13.4. The first kappa shape index (κ1) is 18.1. The van der Waals surface area contributed by atoms with Crippen LogP contribution in [0.2, 0.25) is 0 Å². The molecule has 0 unspecified atom stereocenters. The van der Waals surface area contributed by atoms with Crippen LogP contribution in [0.4, 0.5) is 0 Å². The molecule has 3 N–H and O–H groups in total. The Morgan fingerprint density at radius 2 is 1.76 bits per heavy atom. The lowest BCUT2D eigenvalue weighted by Gasteiger charge is -2.18. The predicted octanol–water partition coefficient (Wildman–Crippen LogP) is 1.38. The van der Waals surface area contributed by atoms with Crippen molar-refractivity contribution >= 4 is 10.0 Å². The van der Waals surface area contributed by atoms with Crippen LogP contribution in [0.5, 0.6) is 0 Å². The second-order valence-electron chi connectivity index (χ2n) is 5.17. The summed E-state index contributed by atoms with van der Waals surface area (Å²) in [6.45, 7) is 11.2. The molecule has 120 valence electrons. The third-order valence-corrected chi connectivity index (χ3v) is 5.36. The summed E-state index contributed by atoms with van der Waals surface area (Å²) in [5.41, 5.74) is 8.31. The monoisotopic (exact) mass is 313 g/mol. The molecule has 0 saturated carbocycles. The molecule has 0 amide bonds. The van der Waals surface area contributed by atoms with Crippen LogP contribution >= 0.6 is 0 Å². The standard InChI is InChI=1S/C15H27N3O2S/c1-5-18(6-2)8-7-17-21(19,20)15-10-14(11-16)12(3)9-13(15)4/h9-10,17H,5-8,11,16H2,1-4H3. The number of sulfonamides is 1. The first-order chi connectivity index (χ1) is 9.85. The quantitative estimate of drug-likeness (QED) is 0.760. The molecule has 0 fully saturated rings. The van der Waals surface area contributed by atoms with E-state index < -0.39 is 10.0 Å². The minimum atomic E-state index is -3.48. The Hall–Kier alpha value is -0.950. The fourth-order valence-electron chi connectivity index (χ4n) is 2.34. The molecule has 0 radical (unpaired) electrons. The van der Waals surface area contributed by atoms with E-state index in [1.165, 1.54) is 0 Å². The van der Waals surface area contributed by atoms with Gasteiger partial charge in [-0.25, -0.2) is 13.1 Å². The normalized spacial score (nSPS) is 12.1. The molecule has 5 nitrogen and oxygen atoms in total. The first-order valence-electron chi connectivity index (χ1n) is 7.37. The average molecular weight is 313 g/mol. The third-order valence-electron chi connectivity index (χ3n) is 3.76. The number of nitrogens with two attached hydrogens (primary N) is 1. The molecule has 0 atom stereocenters. The number of aryl methyl sites for hydroxylation is 2. The van der Waals surface area contributed by atoms with Gasteiger partial charge in [0.2, 0.25) is 10.0 Å².